The number of nitrogen functional groups attached to an aromatic ring is 1. The molecule has 0 unspecified atom stereocenters. The van der Waals surface area contributed by atoms with Gasteiger partial charge in [-0.1, -0.05) is 0 Å². The number of nitrogens with two attached hydrogens (primary N) is 1. The molecule has 30 heavy (non-hydrogen) atoms. The van der Waals surface area contributed by atoms with Gasteiger partial charge in [0.25, 0.3) is 0 Å². The first kappa shape index (κ1) is 17.9. The fraction of sp³-hybridized carbons (Fsp3) is 0.227. The number of aromatic nitrogens is 5. The molecule has 8 nitrogen and oxygen atoms in total. The average molecular weight is 394 g/mol. The highest BCUT2D eigenvalue weighted by Gasteiger charge is 2.46. The molecule has 5 rings (SSSR count). The van der Waals surface area contributed by atoms with Crippen molar-refractivity contribution in [3.8, 4) is 34.5 Å². The van der Waals surface area contributed by atoms with E-state index in [1.54, 1.807) is 24.7 Å². The summed E-state index contributed by atoms with van der Waals surface area (Å²) < 4.78 is 3.87. The van der Waals surface area contributed by atoms with E-state index in [2.05, 4.69) is 33.3 Å². The molecule has 4 heterocycles. The van der Waals surface area contributed by atoms with Crippen molar-refractivity contribution < 1.29 is 0 Å². The standard InChI is InChI=1S/C22H18N8/c23-4-3-22(9-15(10-22)11-24)30-14-18(13-28-30)19-7-17(8-21-26-5-6-29(19)21)16-1-2-20(25)27-12-16/h1-2,5-8,12-15H,3,9-10H2,(H2,25,27). The van der Waals surface area contributed by atoms with Crippen LogP contribution >= 0.6 is 0 Å². The third-order valence-electron chi connectivity index (χ3n) is 5.83. The highest BCUT2D eigenvalue weighted by atomic mass is 15.3. The number of hydrogen-bond acceptors (Lipinski definition) is 6. The third kappa shape index (κ3) is 2.78. The molecule has 8 heteroatoms. The number of nitrogens with zero attached hydrogens (tertiary/aromatic N) is 7. The van der Waals surface area contributed by atoms with Crippen LogP contribution in [-0.2, 0) is 5.54 Å². The van der Waals surface area contributed by atoms with Crippen molar-refractivity contribution >= 4 is 11.5 Å². The molecule has 0 spiro atoms. The Bertz CT molecular complexity index is 1310. The number of hydrogen-bond donors (Lipinski definition) is 1. The Balaban J connectivity index is 1.59. The molecular formula is C22H18N8. The molecule has 0 radical (unpaired) electrons. The molecule has 1 aliphatic rings. The van der Waals surface area contributed by atoms with Crippen molar-refractivity contribution in [1.29, 1.82) is 10.5 Å². The van der Waals surface area contributed by atoms with Gasteiger partial charge < -0.3 is 5.73 Å². The highest BCUT2D eigenvalue weighted by Crippen LogP contribution is 2.46. The maximum atomic E-state index is 9.31. The first-order valence-corrected chi connectivity index (χ1v) is 9.63. The van der Waals surface area contributed by atoms with Crippen LogP contribution in [0, 0.1) is 28.6 Å². The monoisotopic (exact) mass is 394 g/mol. The van der Waals surface area contributed by atoms with E-state index < -0.39 is 5.54 Å². The van der Waals surface area contributed by atoms with E-state index in [-0.39, 0.29) is 5.92 Å². The molecular weight excluding hydrogens is 376 g/mol. The minimum atomic E-state index is -0.403. The van der Waals surface area contributed by atoms with Crippen molar-refractivity contribution in [1.82, 2.24) is 24.1 Å². The van der Waals surface area contributed by atoms with E-state index in [4.69, 9.17) is 5.73 Å². The van der Waals surface area contributed by atoms with Gasteiger partial charge in [-0.05, 0) is 42.7 Å². The van der Waals surface area contributed by atoms with Gasteiger partial charge in [-0.15, -0.1) is 0 Å². The third-order valence-corrected chi connectivity index (χ3v) is 5.83. The molecule has 2 N–H and O–H groups in total. The van der Waals surface area contributed by atoms with Gasteiger partial charge in [0, 0.05) is 35.9 Å². The highest BCUT2D eigenvalue weighted by molar-refractivity contribution is 5.75. The van der Waals surface area contributed by atoms with E-state index in [1.165, 1.54) is 0 Å². The molecule has 146 valence electrons. The average Bonchev–Trinajstić information content (AvgIpc) is 3.40. The van der Waals surface area contributed by atoms with Gasteiger partial charge in [-0.25, -0.2) is 9.97 Å². The second kappa shape index (κ2) is 6.71. The fourth-order valence-corrected chi connectivity index (χ4v) is 4.21. The molecule has 1 fully saturated rings. The number of nitriles is 2. The minimum Gasteiger partial charge on any atom is -0.384 e. The van der Waals surface area contributed by atoms with Gasteiger partial charge in [-0.3, -0.25) is 9.08 Å². The second-order valence-corrected chi connectivity index (χ2v) is 7.72. The Morgan fingerprint density at radius 1 is 1.10 bits per heavy atom. The lowest BCUT2D eigenvalue weighted by Gasteiger charge is -2.43. The predicted molar refractivity (Wildman–Crippen MR) is 111 cm³/mol. The van der Waals surface area contributed by atoms with Crippen LogP contribution in [0.1, 0.15) is 19.3 Å². The zero-order chi connectivity index (χ0) is 20.7. The van der Waals surface area contributed by atoms with Crippen molar-refractivity contribution in [2.24, 2.45) is 5.92 Å². The normalized spacial score (nSPS) is 20.4. The van der Waals surface area contributed by atoms with Gasteiger partial charge in [0.1, 0.15) is 11.5 Å². The summed E-state index contributed by atoms with van der Waals surface area (Å²) in [5.74, 6) is 0.453. The number of imidazole rings is 1. The molecule has 0 aliphatic heterocycles. The summed E-state index contributed by atoms with van der Waals surface area (Å²) in [5.41, 5.74) is 9.91. The second-order valence-electron chi connectivity index (χ2n) is 7.72. The van der Waals surface area contributed by atoms with Gasteiger partial charge in [0.05, 0.1) is 41.9 Å². The van der Waals surface area contributed by atoms with Gasteiger partial charge in [0.2, 0.25) is 0 Å². The molecule has 0 atom stereocenters. The lowest BCUT2D eigenvalue weighted by molar-refractivity contribution is 0.0882. The van der Waals surface area contributed by atoms with Crippen LogP contribution in [0.5, 0.6) is 0 Å². The molecule has 1 aliphatic carbocycles. The van der Waals surface area contributed by atoms with Crippen LogP contribution in [0.2, 0.25) is 0 Å². The Morgan fingerprint density at radius 2 is 1.97 bits per heavy atom. The summed E-state index contributed by atoms with van der Waals surface area (Å²) in [4.78, 5) is 8.65. The van der Waals surface area contributed by atoms with Crippen LogP contribution in [0.3, 0.4) is 0 Å². The number of fused-ring (bicyclic) bond motifs is 1. The van der Waals surface area contributed by atoms with Crippen molar-refractivity contribution in [2.75, 3.05) is 5.73 Å². The number of rotatable bonds is 4. The molecule has 0 amide bonds. The molecule has 4 aromatic rings. The summed E-state index contributed by atoms with van der Waals surface area (Å²) >= 11 is 0. The van der Waals surface area contributed by atoms with Gasteiger partial charge in [-0.2, -0.15) is 15.6 Å². The summed E-state index contributed by atoms with van der Waals surface area (Å²) in [6.07, 6.45) is 10.8. The molecule has 1 saturated carbocycles. The van der Waals surface area contributed by atoms with Crippen LogP contribution in [-0.4, -0.2) is 24.1 Å². The van der Waals surface area contributed by atoms with Crippen molar-refractivity contribution in [3.05, 3.63) is 55.2 Å². The molecule has 0 bridgehead atoms. The Morgan fingerprint density at radius 3 is 2.70 bits per heavy atom. The predicted octanol–water partition coefficient (Wildman–Crippen LogP) is 3.38. The first-order valence-electron chi connectivity index (χ1n) is 9.63. The van der Waals surface area contributed by atoms with E-state index in [1.807, 2.05) is 33.6 Å². The lowest BCUT2D eigenvalue weighted by atomic mass is 9.67. The Hall–Kier alpha value is -4.17. The van der Waals surface area contributed by atoms with E-state index in [0.717, 1.165) is 28.0 Å². The minimum absolute atomic E-state index is 0.0206. The molecule has 4 aromatic heterocycles. The topological polar surface area (TPSA) is 122 Å². The quantitative estimate of drug-likeness (QED) is 0.566. The van der Waals surface area contributed by atoms with Gasteiger partial charge in [0.15, 0.2) is 0 Å². The lowest BCUT2D eigenvalue weighted by Crippen LogP contribution is -2.46. The van der Waals surface area contributed by atoms with Gasteiger partial charge >= 0.3 is 0 Å². The number of pyridine rings is 2. The van der Waals surface area contributed by atoms with Crippen LogP contribution in [0.25, 0.3) is 28.0 Å². The van der Waals surface area contributed by atoms with Crippen LogP contribution < -0.4 is 5.73 Å². The smallest absolute Gasteiger partial charge is 0.137 e. The molecule has 0 aromatic carbocycles. The maximum Gasteiger partial charge on any atom is 0.137 e. The summed E-state index contributed by atoms with van der Waals surface area (Å²) in [7, 11) is 0. The van der Waals surface area contributed by atoms with E-state index in [0.29, 0.717) is 25.1 Å². The largest absolute Gasteiger partial charge is 0.384 e. The molecule has 0 saturated heterocycles. The zero-order valence-corrected chi connectivity index (χ0v) is 16.1. The Labute approximate surface area is 172 Å². The number of anilines is 1. The van der Waals surface area contributed by atoms with Crippen LogP contribution in [0.4, 0.5) is 5.82 Å². The summed E-state index contributed by atoms with van der Waals surface area (Å²) in [6, 6.07) is 12.3. The van der Waals surface area contributed by atoms with E-state index >= 15 is 0 Å². The summed E-state index contributed by atoms with van der Waals surface area (Å²) in [6.45, 7) is 0. The zero-order valence-electron chi connectivity index (χ0n) is 16.1. The SMILES string of the molecule is N#CCC1(n2cc(-c3cc(-c4ccc(N)nc4)cc4nccn34)cn2)CC(C#N)C1. The van der Waals surface area contributed by atoms with E-state index in [9.17, 15) is 10.5 Å². The Kier molecular flexibility index (Phi) is 4.00. The van der Waals surface area contributed by atoms with Crippen molar-refractivity contribution in [2.45, 2.75) is 24.8 Å². The maximum absolute atomic E-state index is 9.31. The summed E-state index contributed by atoms with van der Waals surface area (Å²) in [5, 5.41) is 23.1. The first-order chi connectivity index (χ1) is 14.6. The fourth-order valence-electron chi connectivity index (χ4n) is 4.21. The van der Waals surface area contributed by atoms with Crippen LogP contribution in [0.15, 0.2) is 55.2 Å². The van der Waals surface area contributed by atoms with Crippen molar-refractivity contribution in [3.63, 3.8) is 0 Å².